The van der Waals surface area contributed by atoms with Crippen LogP contribution in [0.1, 0.15) is 5.56 Å². The fourth-order valence-corrected chi connectivity index (χ4v) is 4.43. The number of aryl methyl sites for hydroxylation is 1. The van der Waals surface area contributed by atoms with Crippen LogP contribution < -0.4 is 5.32 Å². The zero-order chi connectivity index (χ0) is 22.0. The van der Waals surface area contributed by atoms with E-state index in [2.05, 4.69) is 38.0 Å². The number of allylic oxidation sites excluding steroid dienone is 1. The summed E-state index contributed by atoms with van der Waals surface area (Å²) < 4.78 is 8.81. The molecule has 2 heterocycles. The number of thioether (sulfide) groups is 1. The van der Waals surface area contributed by atoms with Crippen LogP contribution in [0.5, 0.6) is 0 Å². The van der Waals surface area contributed by atoms with Gasteiger partial charge in [-0.2, -0.15) is 0 Å². The monoisotopic (exact) mass is 516 g/mol. The Labute approximate surface area is 196 Å². The van der Waals surface area contributed by atoms with Crippen LogP contribution in [-0.4, -0.2) is 26.4 Å². The Bertz CT molecular complexity index is 1280. The number of aromatic nitrogens is 3. The van der Waals surface area contributed by atoms with Gasteiger partial charge in [0.05, 0.1) is 5.75 Å². The highest BCUT2D eigenvalue weighted by Crippen LogP contribution is 2.31. The number of rotatable bonds is 7. The summed E-state index contributed by atoms with van der Waals surface area (Å²) in [5.41, 5.74) is 2.40. The predicted molar refractivity (Wildman–Crippen MR) is 129 cm³/mol. The van der Waals surface area contributed by atoms with Crippen LogP contribution in [0.4, 0.5) is 5.69 Å². The molecule has 0 unspecified atom stereocenters. The number of hydrogen-bond acceptors (Lipinski definition) is 5. The average Bonchev–Trinajstić information content (AvgIpc) is 3.32. The van der Waals surface area contributed by atoms with Crippen molar-refractivity contribution >= 4 is 61.9 Å². The molecule has 158 valence electrons. The minimum absolute atomic E-state index is 0.140. The molecule has 0 saturated carbocycles. The molecule has 9 heteroatoms. The Morgan fingerprint density at radius 3 is 2.90 bits per heavy atom. The van der Waals surface area contributed by atoms with Gasteiger partial charge in [0.2, 0.25) is 11.7 Å². The summed E-state index contributed by atoms with van der Waals surface area (Å²) in [4.78, 5) is 12.5. The normalized spacial score (nSPS) is 11.1. The first-order valence-corrected chi connectivity index (χ1v) is 11.5. The van der Waals surface area contributed by atoms with Gasteiger partial charge >= 0.3 is 0 Å². The number of nitrogens with zero attached hydrogens (tertiary/aromatic N) is 3. The second-order valence-corrected chi connectivity index (χ2v) is 9.09. The molecule has 0 aliphatic rings. The number of halogens is 2. The molecule has 0 saturated heterocycles. The van der Waals surface area contributed by atoms with Crippen LogP contribution >= 0.6 is 39.3 Å². The van der Waals surface area contributed by atoms with Gasteiger partial charge in [-0.1, -0.05) is 45.4 Å². The summed E-state index contributed by atoms with van der Waals surface area (Å²) in [6.07, 6.45) is 1.76. The summed E-state index contributed by atoms with van der Waals surface area (Å²) in [6.45, 7) is 6.21. The zero-order valence-corrected chi connectivity index (χ0v) is 19.7. The molecule has 4 rings (SSSR count). The second-order valence-electron chi connectivity index (χ2n) is 6.79. The molecule has 0 aliphatic heterocycles. The maximum absolute atomic E-state index is 12.5. The van der Waals surface area contributed by atoms with Crippen LogP contribution in [0, 0.1) is 6.92 Å². The third kappa shape index (κ3) is 4.87. The third-order valence-electron chi connectivity index (χ3n) is 4.52. The average molecular weight is 518 g/mol. The number of hydrogen-bond donors (Lipinski definition) is 1. The molecule has 2 aromatic carbocycles. The lowest BCUT2D eigenvalue weighted by atomic mass is 10.2. The lowest BCUT2D eigenvalue weighted by molar-refractivity contribution is -0.113. The van der Waals surface area contributed by atoms with E-state index < -0.39 is 0 Å². The SMILES string of the molecule is C=CCn1c(SCC(=O)Nc2ccc(Cl)cc2C)nnc1-c1cc2cc(Br)ccc2o1. The van der Waals surface area contributed by atoms with E-state index in [-0.39, 0.29) is 11.7 Å². The first kappa shape index (κ1) is 21.7. The fourth-order valence-electron chi connectivity index (χ4n) is 3.08. The van der Waals surface area contributed by atoms with Crippen LogP contribution in [0.3, 0.4) is 0 Å². The van der Waals surface area contributed by atoms with Crippen molar-refractivity contribution in [2.75, 3.05) is 11.1 Å². The van der Waals surface area contributed by atoms with Crippen molar-refractivity contribution in [2.45, 2.75) is 18.6 Å². The molecule has 0 aliphatic carbocycles. The molecule has 2 aromatic heterocycles. The highest BCUT2D eigenvalue weighted by molar-refractivity contribution is 9.10. The van der Waals surface area contributed by atoms with Crippen molar-refractivity contribution in [2.24, 2.45) is 0 Å². The van der Waals surface area contributed by atoms with E-state index in [0.717, 1.165) is 26.7 Å². The number of anilines is 1. The summed E-state index contributed by atoms with van der Waals surface area (Å²) in [5, 5.41) is 13.7. The molecule has 1 N–H and O–H groups in total. The van der Waals surface area contributed by atoms with Gasteiger partial charge in [-0.3, -0.25) is 9.36 Å². The third-order valence-corrected chi connectivity index (χ3v) is 6.22. The number of benzene rings is 2. The van der Waals surface area contributed by atoms with E-state index in [4.69, 9.17) is 16.0 Å². The number of furan rings is 1. The van der Waals surface area contributed by atoms with E-state index in [0.29, 0.717) is 28.3 Å². The lowest BCUT2D eigenvalue weighted by Crippen LogP contribution is -2.15. The zero-order valence-electron chi connectivity index (χ0n) is 16.6. The molecule has 6 nitrogen and oxygen atoms in total. The molecule has 31 heavy (non-hydrogen) atoms. The van der Waals surface area contributed by atoms with Crippen molar-refractivity contribution in [3.05, 3.63) is 70.2 Å². The van der Waals surface area contributed by atoms with E-state index in [1.54, 1.807) is 18.2 Å². The molecule has 0 atom stereocenters. The van der Waals surface area contributed by atoms with Gasteiger partial charge in [0.1, 0.15) is 5.58 Å². The Morgan fingerprint density at radius 2 is 2.13 bits per heavy atom. The van der Waals surface area contributed by atoms with Gasteiger partial charge in [-0.05, 0) is 55.0 Å². The first-order chi connectivity index (χ1) is 14.9. The molecule has 0 bridgehead atoms. The number of fused-ring (bicyclic) bond motifs is 1. The Kier molecular flexibility index (Phi) is 6.50. The topological polar surface area (TPSA) is 73.0 Å². The van der Waals surface area contributed by atoms with Gasteiger partial charge in [0, 0.05) is 27.1 Å². The predicted octanol–water partition coefficient (Wildman–Crippen LogP) is 6.33. The number of carbonyl (C=O) groups is 1. The Morgan fingerprint density at radius 1 is 1.29 bits per heavy atom. The molecule has 0 spiro atoms. The van der Waals surface area contributed by atoms with Crippen LogP contribution in [0.15, 0.2) is 69.2 Å². The number of carbonyl (C=O) groups excluding carboxylic acids is 1. The summed E-state index contributed by atoms with van der Waals surface area (Å²) in [7, 11) is 0. The Balaban J connectivity index is 1.52. The van der Waals surface area contributed by atoms with Crippen molar-refractivity contribution < 1.29 is 9.21 Å². The summed E-state index contributed by atoms with van der Waals surface area (Å²) >= 11 is 10.7. The number of nitrogens with one attached hydrogen (secondary N) is 1. The maximum Gasteiger partial charge on any atom is 0.234 e. The van der Waals surface area contributed by atoms with Gasteiger partial charge < -0.3 is 9.73 Å². The minimum Gasteiger partial charge on any atom is -0.453 e. The largest absolute Gasteiger partial charge is 0.453 e. The van der Waals surface area contributed by atoms with Crippen molar-refractivity contribution in [1.82, 2.24) is 14.8 Å². The van der Waals surface area contributed by atoms with Crippen molar-refractivity contribution in [3.8, 4) is 11.6 Å². The smallest absolute Gasteiger partial charge is 0.234 e. The summed E-state index contributed by atoms with van der Waals surface area (Å²) in [6, 6.07) is 13.1. The highest BCUT2D eigenvalue weighted by Gasteiger charge is 2.18. The molecule has 0 fully saturated rings. The van der Waals surface area contributed by atoms with Gasteiger partial charge in [-0.15, -0.1) is 16.8 Å². The maximum atomic E-state index is 12.5. The van der Waals surface area contributed by atoms with Crippen LogP contribution in [0.2, 0.25) is 5.02 Å². The molecule has 1 amide bonds. The molecule has 0 radical (unpaired) electrons. The van der Waals surface area contributed by atoms with Gasteiger partial charge in [-0.25, -0.2) is 0 Å². The fraction of sp³-hybridized carbons (Fsp3) is 0.136. The lowest BCUT2D eigenvalue weighted by Gasteiger charge is -2.09. The quantitative estimate of drug-likeness (QED) is 0.229. The second kappa shape index (κ2) is 9.30. The van der Waals surface area contributed by atoms with Crippen molar-refractivity contribution in [3.63, 3.8) is 0 Å². The van der Waals surface area contributed by atoms with E-state index in [9.17, 15) is 4.79 Å². The van der Waals surface area contributed by atoms with Crippen LogP contribution in [-0.2, 0) is 11.3 Å². The Hall–Kier alpha value is -2.55. The van der Waals surface area contributed by atoms with Gasteiger partial charge in [0.15, 0.2) is 10.9 Å². The van der Waals surface area contributed by atoms with Crippen molar-refractivity contribution in [1.29, 1.82) is 0 Å². The standard InChI is InChI=1S/C22H18BrClN4O2S/c1-3-8-28-21(19-11-14-10-15(23)4-7-18(14)30-19)26-27-22(28)31-12-20(29)25-17-6-5-16(24)9-13(17)2/h3-7,9-11H,1,8,12H2,2H3,(H,25,29). The van der Waals surface area contributed by atoms with Crippen LogP contribution in [0.25, 0.3) is 22.6 Å². The highest BCUT2D eigenvalue weighted by atomic mass is 79.9. The minimum atomic E-state index is -0.140. The first-order valence-electron chi connectivity index (χ1n) is 9.37. The molecular formula is C22H18BrClN4O2S. The van der Waals surface area contributed by atoms with E-state index >= 15 is 0 Å². The molecule has 4 aromatic rings. The molecular weight excluding hydrogens is 500 g/mol. The number of amides is 1. The van der Waals surface area contributed by atoms with E-state index in [1.165, 1.54) is 11.8 Å². The van der Waals surface area contributed by atoms with Gasteiger partial charge in [0.25, 0.3) is 0 Å². The van der Waals surface area contributed by atoms with E-state index in [1.807, 2.05) is 41.8 Å². The summed E-state index contributed by atoms with van der Waals surface area (Å²) in [5.74, 6) is 1.24.